The molecule has 0 bridgehead atoms. The van der Waals surface area contributed by atoms with Crippen LogP contribution in [0.4, 0.5) is 11.4 Å². The highest BCUT2D eigenvalue weighted by Gasteiger charge is 2.05. The number of nitro groups is 1. The van der Waals surface area contributed by atoms with E-state index in [-0.39, 0.29) is 17.3 Å². The fourth-order valence-electron chi connectivity index (χ4n) is 1.60. The van der Waals surface area contributed by atoms with E-state index in [1.807, 2.05) is 5.48 Å². The molecule has 0 saturated heterocycles. The van der Waals surface area contributed by atoms with Crippen LogP contribution in [0.3, 0.4) is 0 Å². The van der Waals surface area contributed by atoms with Crippen LogP contribution in [0.2, 0.25) is 0 Å². The third-order valence-corrected chi connectivity index (χ3v) is 2.91. The summed E-state index contributed by atoms with van der Waals surface area (Å²) in [5, 5.41) is 18.6. The SMILES string of the molecule is CC(=O)c1ccc(NO)cc1.CC(=O)c1ccc([N+](=O)[O-])cc1. The summed E-state index contributed by atoms with van der Waals surface area (Å²) in [6.45, 7) is 2.92. The van der Waals surface area contributed by atoms with Crippen molar-refractivity contribution in [2.24, 2.45) is 0 Å². The van der Waals surface area contributed by atoms with Gasteiger partial charge in [0.25, 0.3) is 5.69 Å². The number of carbonyl (C=O) groups is 2. The van der Waals surface area contributed by atoms with Gasteiger partial charge in [0.1, 0.15) is 0 Å². The van der Waals surface area contributed by atoms with E-state index in [4.69, 9.17) is 5.21 Å². The van der Waals surface area contributed by atoms with Crippen LogP contribution in [0, 0.1) is 10.1 Å². The van der Waals surface area contributed by atoms with Crippen LogP contribution in [0.15, 0.2) is 48.5 Å². The fourth-order valence-corrected chi connectivity index (χ4v) is 1.60. The minimum atomic E-state index is -0.496. The van der Waals surface area contributed by atoms with Gasteiger partial charge in [-0.3, -0.25) is 30.4 Å². The number of hydrogen-bond donors (Lipinski definition) is 2. The van der Waals surface area contributed by atoms with Crippen LogP contribution in [0.1, 0.15) is 34.6 Å². The standard InChI is InChI=1S/C8H7NO3.C8H9NO2/c1-6(10)7-2-4-8(5-3-7)9(11)12;1-6(10)7-2-4-8(9-11)5-3-7/h2-5H,1H3;2-5,9,11H,1H3. The number of anilines is 1. The summed E-state index contributed by atoms with van der Waals surface area (Å²) in [7, 11) is 0. The molecule has 0 amide bonds. The first-order valence-corrected chi connectivity index (χ1v) is 6.61. The van der Waals surface area contributed by atoms with Crippen LogP contribution in [0.25, 0.3) is 0 Å². The molecule has 0 unspecified atom stereocenters. The largest absolute Gasteiger partial charge is 0.295 e. The molecule has 0 aliphatic rings. The zero-order valence-corrected chi connectivity index (χ0v) is 12.6. The van der Waals surface area contributed by atoms with E-state index in [1.165, 1.54) is 38.1 Å². The average Bonchev–Trinajstić information content (AvgIpc) is 2.55. The maximum atomic E-state index is 10.8. The molecule has 2 aromatic rings. The van der Waals surface area contributed by atoms with Crippen molar-refractivity contribution in [1.29, 1.82) is 0 Å². The van der Waals surface area contributed by atoms with Crippen molar-refractivity contribution in [3.63, 3.8) is 0 Å². The first-order valence-electron chi connectivity index (χ1n) is 6.61. The average molecular weight is 316 g/mol. The molecule has 2 N–H and O–H groups in total. The lowest BCUT2D eigenvalue weighted by molar-refractivity contribution is -0.384. The second-order valence-corrected chi connectivity index (χ2v) is 4.61. The fraction of sp³-hybridized carbons (Fsp3) is 0.125. The second kappa shape index (κ2) is 8.40. The molecule has 0 atom stereocenters. The van der Waals surface area contributed by atoms with Gasteiger partial charge in [0.15, 0.2) is 11.6 Å². The van der Waals surface area contributed by atoms with E-state index in [0.717, 1.165) is 0 Å². The molecule has 0 spiro atoms. The Morgan fingerprint density at radius 3 is 1.61 bits per heavy atom. The number of carbonyl (C=O) groups excluding carboxylic acids is 2. The van der Waals surface area contributed by atoms with Crippen molar-refractivity contribution >= 4 is 22.9 Å². The molecule has 7 nitrogen and oxygen atoms in total. The minimum absolute atomic E-state index is 0.000000000000000222. The van der Waals surface area contributed by atoms with Gasteiger partial charge in [-0.25, -0.2) is 0 Å². The van der Waals surface area contributed by atoms with Crippen molar-refractivity contribution < 1.29 is 19.7 Å². The number of nitrogens with one attached hydrogen (secondary N) is 1. The molecule has 0 radical (unpaired) electrons. The Balaban J connectivity index is 0.000000231. The third kappa shape index (κ3) is 5.68. The zero-order chi connectivity index (χ0) is 17.4. The molecule has 2 aromatic carbocycles. The van der Waals surface area contributed by atoms with Crippen molar-refractivity contribution in [2.75, 3.05) is 5.48 Å². The lowest BCUT2D eigenvalue weighted by Crippen LogP contribution is -1.93. The molecule has 0 heterocycles. The summed E-state index contributed by atoms with van der Waals surface area (Å²) >= 11 is 0. The second-order valence-electron chi connectivity index (χ2n) is 4.61. The molecule has 0 saturated carbocycles. The van der Waals surface area contributed by atoms with Crippen LogP contribution < -0.4 is 5.48 Å². The monoisotopic (exact) mass is 316 g/mol. The van der Waals surface area contributed by atoms with Gasteiger partial charge in [0.2, 0.25) is 0 Å². The van der Waals surface area contributed by atoms with E-state index in [1.54, 1.807) is 24.3 Å². The smallest absolute Gasteiger partial charge is 0.269 e. The number of hydrogen-bond acceptors (Lipinski definition) is 6. The lowest BCUT2D eigenvalue weighted by Gasteiger charge is -1.98. The highest BCUT2D eigenvalue weighted by molar-refractivity contribution is 5.94. The molecular formula is C16H16N2O5. The Morgan fingerprint density at radius 1 is 0.913 bits per heavy atom. The predicted molar refractivity (Wildman–Crippen MR) is 85.0 cm³/mol. The van der Waals surface area contributed by atoms with Crippen molar-refractivity contribution in [3.8, 4) is 0 Å². The first kappa shape index (κ1) is 18.0. The molecule has 2 rings (SSSR count). The van der Waals surface area contributed by atoms with Crippen molar-refractivity contribution in [2.45, 2.75) is 13.8 Å². The van der Waals surface area contributed by atoms with E-state index in [2.05, 4.69) is 0 Å². The van der Waals surface area contributed by atoms with Gasteiger partial charge < -0.3 is 0 Å². The number of rotatable bonds is 4. The predicted octanol–water partition coefficient (Wildman–Crippen LogP) is 3.49. The van der Waals surface area contributed by atoms with Gasteiger partial charge in [0, 0.05) is 23.3 Å². The molecule has 120 valence electrons. The van der Waals surface area contributed by atoms with E-state index >= 15 is 0 Å². The van der Waals surface area contributed by atoms with Gasteiger partial charge in [-0.1, -0.05) is 0 Å². The molecule has 0 fully saturated rings. The summed E-state index contributed by atoms with van der Waals surface area (Å²) in [5.41, 5.74) is 3.69. The normalized spacial score (nSPS) is 9.35. The molecular weight excluding hydrogens is 300 g/mol. The highest BCUT2D eigenvalue weighted by Crippen LogP contribution is 2.11. The first-order chi connectivity index (χ1) is 10.8. The summed E-state index contributed by atoms with van der Waals surface area (Å²) in [6, 6.07) is 12.1. The Bertz CT molecular complexity index is 660. The maximum Gasteiger partial charge on any atom is 0.269 e. The van der Waals surface area contributed by atoms with E-state index in [9.17, 15) is 19.7 Å². The molecule has 0 aromatic heterocycles. The zero-order valence-electron chi connectivity index (χ0n) is 12.6. The number of Topliss-reactive ketones (excluding diaryl/α,β-unsaturated/α-hetero) is 2. The summed E-state index contributed by atoms with van der Waals surface area (Å²) in [4.78, 5) is 31.2. The number of nitro benzene ring substituents is 1. The molecule has 0 aliphatic carbocycles. The van der Waals surface area contributed by atoms with Gasteiger partial charge in [-0.15, -0.1) is 0 Å². The number of nitrogens with zero attached hydrogens (tertiary/aromatic N) is 1. The lowest BCUT2D eigenvalue weighted by atomic mass is 10.1. The third-order valence-electron chi connectivity index (χ3n) is 2.91. The van der Waals surface area contributed by atoms with Gasteiger partial charge in [-0.05, 0) is 50.2 Å². The Labute approximate surface area is 132 Å². The minimum Gasteiger partial charge on any atom is -0.295 e. The molecule has 23 heavy (non-hydrogen) atoms. The Kier molecular flexibility index (Phi) is 6.57. The van der Waals surface area contributed by atoms with Crippen LogP contribution in [-0.4, -0.2) is 21.7 Å². The Morgan fingerprint density at radius 2 is 1.30 bits per heavy atom. The van der Waals surface area contributed by atoms with Crippen LogP contribution in [-0.2, 0) is 0 Å². The van der Waals surface area contributed by atoms with E-state index < -0.39 is 4.92 Å². The topological polar surface area (TPSA) is 110 Å². The number of ketones is 2. The summed E-state index contributed by atoms with van der Waals surface area (Å²) in [5.74, 6) is -0.0700. The maximum absolute atomic E-state index is 10.8. The molecule has 7 heteroatoms. The van der Waals surface area contributed by atoms with Crippen LogP contribution in [0.5, 0.6) is 0 Å². The quantitative estimate of drug-likeness (QED) is 0.507. The number of benzene rings is 2. The van der Waals surface area contributed by atoms with Crippen molar-refractivity contribution in [1.82, 2.24) is 0 Å². The highest BCUT2D eigenvalue weighted by atomic mass is 16.6. The summed E-state index contributed by atoms with van der Waals surface area (Å²) < 4.78 is 0. The number of non-ortho nitro benzene ring substituents is 1. The van der Waals surface area contributed by atoms with Crippen LogP contribution >= 0.6 is 0 Å². The molecule has 0 aliphatic heterocycles. The van der Waals surface area contributed by atoms with Crippen molar-refractivity contribution in [3.05, 3.63) is 69.8 Å². The van der Waals surface area contributed by atoms with Gasteiger partial charge >= 0.3 is 0 Å². The summed E-state index contributed by atoms with van der Waals surface area (Å²) in [6.07, 6.45) is 0. The van der Waals surface area contributed by atoms with Gasteiger partial charge in [-0.2, -0.15) is 0 Å². The van der Waals surface area contributed by atoms with Gasteiger partial charge in [0.05, 0.1) is 10.6 Å². The van der Waals surface area contributed by atoms with E-state index in [0.29, 0.717) is 16.8 Å². The Hall–Kier alpha value is -3.06.